The number of sulfonamides is 1. The lowest BCUT2D eigenvalue weighted by Gasteiger charge is -2.09. The summed E-state index contributed by atoms with van der Waals surface area (Å²) in [4.78, 5) is 11.8. The smallest absolute Gasteiger partial charge is 0.251 e. The van der Waals surface area contributed by atoms with Gasteiger partial charge in [0.25, 0.3) is 5.91 Å². The van der Waals surface area contributed by atoms with Crippen molar-refractivity contribution < 1.29 is 13.2 Å². The van der Waals surface area contributed by atoms with Crippen molar-refractivity contribution in [2.45, 2.75) is 24.8 Å². The van der Waals surface area contributed by atoms with Crippen LogP contribution in [0.3, 0.4) is 0 Å². The summed E-state index contributed by atoms with van der Waals surface area (Å²) in [6.07, 6.45) is 0. The quantitative estimate of drug-likeness (QED) is 0.834. The lowest BCUT2D eigenvalue weighted by molar-refractivity contribution is 0.0943. The van der Waals surface area contributed by atoms with Gasteiger partial charge in [-0.2, -0.15) is 0 Å². The first-order chi connectivity index (χ1) is 7.86. The Morgan fingerprint density at radius 1 is 1.29 bits per heavy atom. The van der Waals surface area contributed by atoms with Crippen molar-refractivity contribution in [3.05, 3.63) is 29.8 Å². The zero-order valence-electron chi connectivity index (χ0n) is 10.0. The molecule has 0 atom stereocenters. The topological polar surface area (TPSA) is 75.3 Å². The maximum Gasteiger partial charge on any atom is 0.251 e. The van der Waals surface area contributed by atoms with E-state index in [2.05, 4.69) is 10.0 Å². The van der Waals surface area contributed by atoms with Crippen LogP contribution in [0.2, 0.25) is 0 Å². The number of amides is 1. The van der Waals surface area contributed by atoms with E-state index in [-0.39, 0.29) is 16.8 Å². The highest BCUT2D eigenvalue weighted by Crippen LogP contribution is 2.11. The van der Waals surface area contributed by atoms with Gasteiger partial charge in [0.1, 0.15) is 0 Å². The lowest BCUT2D eigenvalue weighted by atomic mass is 10.2. The molecule has 0 unspecified atom stereocenters. The average molecular weight is 256 g/mol. The van der Waals surface area contributed by atoms with Crippen molar-refractivity contribution in [3.8, 4) is 0 Å². The second kappa shape index (κ2) is 5.29. The molecule has 5 nitrogen and oxygen atoms in total. The first-order valence-electron chi connectivity index (χ1n) is 5.21. The lowest BCUT2D eigenvalue weighted by Crippen LogP contribution is -2.30. The minimum absolute atomic E-state index is 0.00654. The van der Waals surface area contributed by atoms with E-state index < -0.39 is 10.0 Å². The normalized spacial score (nSPS) is 11.5. The standard InChI is InChI=1S/C11H16N2O3S/c1-8(2)13-11(14)9-5-4-6-10(7-9)17(15,16)12-3/h4-8,12H,1-3H3,(H,13,14). The van der Waals surface area contributed by atoms with E-state index in [1.165, 1.54) is 19.2 Å². The van der Waals surface area contributed by atoms with Crippen molar-refractivity contribution in [1.29, 1.82) is 0 Å². The van der Waals surface area contributed by atoms with Gasteiger partial charge in [-0.25, -0.2) is 13.1 Å². The third-order valence-corrected chi connectivity index (χ3v) is 3.51. The Morgan fingerprint density at radius 3 is 2.47 bits per heavy atom. The Hall–Kier alpha value is -1.40. The molecule has 0 aliphatic heterocycles. The van der Waals surface area contributed by atoms with E-state index in [0.29, 0.717) is 5.56 Å². The Balaban J connectivity index is 3.06. The van der Waals surface area contributed by atoms with Crippen LogP contribution in [0.1, 0.15) is 24.2 Å². The fourth-order valence-electron chi connectivity index (χ4n) is 1.27. The van der Waals surface area contributed by atoms with Crippen molar-refractivity contribution in [2.75, 3.05) is 7.05 Å². The molecule has 0 bridgehead atoms. The molecule has 1 rings (SSSR count). The SMILES string of the molecule is CNS(=O)(=O)c1cccc(C(=O)NC(C)C)c1. The van der Waals surface area contributed by atoms with Crippen molar-refractivity contribution in [1.82, 2.24) is 10.0 Å². The molecule has 1 amide bonds. The van der Waals surface area contributed by atoms with Crippen LogP contribution in [0.25, 0.3) is 0 Å². The zero-order chi connectivity index (χ0) is 13.1. The van der Waals surface area contributed by atoms with Gasteiger partial charge >= 0.3 is 0 Å². The molecule has 0 saturated heterocycles. The first-order valence-corrected chi connectivity index (χ1v) is 6.69. The predicted molar refractivity (Wildman–Crippen MR) is 65.3 cm³/mol. The summed E-state index contributed by atoms with van der Waals surface area (Å²) in [6.45, 7) is 3.68. The monoisotopic (exact) mass is 256 g/mol. The molecule has 0 heterocycles. The molecule has 2 N–H and O–H groups in total. The third kappa shape index (κ3) is 3.54. The van der Waals surface area contributed by atoms with Crippen LogP contribution in [0.4, 0.5) is 0 Å². The highest BCUT2D eigenvalue weighted by molar-refractivity contribution is 7.89. The largest absolute Gasteiger partial charge is 0.350 e. The van der Waals surface area contributed by atoms with Gasteiger partial charge in [-0.3, -0.25) is 4.79 Å². The molecule has 0 radical (unpaired) electrons. The molecular formula is C11H16N2O3S. The molecule has 0 aromatic heterocycles. The van der Waals surface area contributed by atoms with E-state index in [4.69, 9.17) is 0 Å². The number of hydrogen-bond acceptors (Lipinski definition) is 3. The second-order valence-electron chi connectivity index (χ2n) is 3.86. The summed E-state index contributed by atoms with van der Waals surface area (Å²) in [5.74, 6) is -0.284. The Labute approximate surface area is 101 Å². The van der Waals surface area contributed by atoms with E-state index >= 15 is 0 Å². The van der Waals surface area contributed by atoms with Crippen LogP contribution >= 0.6 is 0 Å². The molecule has 0 spiro atoms. The Morgan fingerprint density at radius 2 is 1.94 bits per heavy atom. The van der Waals surface area contributed by atoms with Gasteiger partial charge in [0.2, 0.25) is 10.0 Å². The third-order valence-electron chi connectivity index (χ3n) is 2.10. The summed E-state index contributed by atoms with van der Waals surface area (Å²) in [5, 5.41) is 2.70. The summed E-state index contributed by atoms with van der Waals surface area (Å²) in [5.41, 5.74) is 0.329. The maximum atomic E-state index is 11.7. The van der Waals surface area contributed by atoms with Crippen molar-refractivity contribution >= 4 is 15.9 Å². The summed E-state index contributed by atoms with van der Waals surface area (Å²) < 4.78 is 25.3. The minimum atomic E-state index is -3.51. The van der Waals surface area contributed by atoms with Gasteiger partial charge in [-0.1, -0.05) is 6.07 Å². The molecule has 1 aromatic carbocycles. The van der Waals surface area contributed by atoms with Crippen molar-refractivity contribution in [2.24, 2.45) is 0 Å². The van der Waals surface area contributed by atoms with Crippen molar-refractivity contribution in [3.63, 3.8) is 0 Å². The van der Waals surface area contributed by atoms with E-state index in [1.54, 1.807) is 12.1 Å². The Kier molecular flexibility index (Phi) is 4.25. The second-order valence-corrected chi connectivity index (χ2v) is 5.75. The molecule has 0 aliphatic carbocycles. The van der Waals surface area contributed by atoms with Gasteiger partial charge in [0, 0.05) is 11.6 Å². The molecule has 1 aromatic rings. The van der Waals surface area contributed by atoms with E-state index in [9.17, 15) is 13.2 Å². The van der Waals surface area contributed by atoms with Gasteiger partial charge in [-0.05, 0) is 39.1 Å². The number of benzene rings is 1. The molecule has 0 saturated carbocycles. The molecule has 6 heteroatoms. The van der Waals surface area contributed by atoms with Gasteiger partial charge < -0.3 is 5.32 Å². The Bertz CT molecular complexity index is 509. The number of nitrogens with one attached hydrogen (secondary N) is 2. The predicted octanol–water partition coefficient (Wildman–Crippen LogP) is 0.733. The summed E-state index contributed by atoms with van der Waals surface area (Å²) in [6, 6.07) is 5.92. The van der Waals surface area contributed by atoms with E-state index in [1.807, 2.05) is 13.8 Å². The molecule has 0 aliphatic rings. The minimum Gasteiger partial charge on any atom is -0.350 e. The van der Waals surface area contributed by atoms with Crippen LogP contribution in [0, 0.1) is 0 Å². The van der Waals surface area contributed by atoms with Crippen LogP contribution in [-0.4, -0.2) is 27.4 Å². The molecule has 0 fully saturated rings. The fourth-order valence-corrected chi connectivity index (χ4v) is 2.04. The van der Waals surface area contributed by atoms with Crippen LogP contribution < -0.4 is 10.0 Å². The zero-order valence-corrected chi connectivity index (χ0v) is 10.8. The van der Waals surface area contributed by atoms with Gasteiger partial charge in [-0.15, -0.1) is 0 Å². The highest BCUT2D eigenvalue weighted by Gasteiger charge is 2.14. The van der Waals surface area contributed by atoms with Crippen LogP contribution in [0.15, 0.2) is 29.2 Å². The molecular weight excluding hydrogens is 240 g/mol. The number of rotatable bonds is 4. The highest BCUT2D eigenvalue weighted by atomic mass is 32.2. The summed E-state index contributed by atoms with van der Waals surface area (Å²) >= 11 is 0. The molecule has 94 valence electrons. The number of carbonyl (C=O) groups excluding carboxylic acids is 1. The number of hydrogen-bond donors (Lipinski definition) is 2. The summed E-state index contributed by atoms with van der Waals surface area (Å²) in [7, 11) is -2.18. The van der Waals surface area contributed by atoms with E-state index in [0.717, 1.165) is 0 Å². The maximum absolute atomic E-state index is 11.7. The number of carbonyl (C=O) groups is 1. The van der Waals surface area contributed by atoms with Crippen LogP contribution in [0.5, 0.6) is 0 Å². The molecule has 17 heavy (non-hydrogen) atoms. The van der Waals surface area contributed by atoms with Crippen LogP contribution in [-0.2, 0) is 10.0 Å². The fraction of sp³-hybridized carbons (Fsp3) is 0.364. The average Bonchev–Trinajstić information content (AvgIpc) is 2.28. The first kappa shape index (κ1) is 13.7. The van der Waals surface area contributed by atoms with Gasteiger partial charge in [0.15, 0.2) is 0 Å². The van der Waals surface area contributed by atoms with Gasteiger partial charge in [0.05, 0.1) is 4.90 Å².